The van der Waals surface area contributed by atoms with Crippen molar-refractivity contribution in [2.45, 2.75) is 32.6 Å². The molecular weight excluding hydrogens is 316 g/mol. The van der Waals surface area contributed by atoms with Crippen molar-refractivity contribution in [1.29, 1.82) is 0 Å². The van der Waals surface area contributed by atoms with Crippen LogP contribution in [0.4, 0.5) is 11.4 Å². The summed E-state index contributed by atoms with van der Waals surface area (Å²) in [5.74, 6) is 0.152. The minimum absolute atomic E-state index is 0.152. The minimum Gasteiger partial charge on any atom is -0.508 e. The van der Waals surface area contributed by atoms with Gasteiger partial charge in [0.05, 0.1) is 16.3 Å². The fraction of sp³-hybridized carbons (Fsp3) is 0.250. The number of phenols is 1. The Hall–Kier alpha value is -2.25. The Morgan fingerprint density at radius 3 is 1.91 bits per heavy atom. The van der Waals surface area contributed by atoms with Crippen LogP contribution in [0.3, 0.4) is 0 Å². The fourth-order valence-corrected chi connectivity index (χ4v) is 3.13. The Bertz CT molecular complexity index is 880. The van der Waals surface area contributed by atoms with E-state index in [4.69, 9.17) is 0 Å². The second-order valence-corrected chi connectivity index (χ2v) is 6.90. The first-order chi connectivity index (χ1) is 10.6. The van der Waals surface area contributed by atoms with Gasteiger partial charge in [-0.1, -0.05) is 6.07 Å². The molecule has 0 radical (unpaired) electrons. The summed E-state index contributed by atoms with van der Waals surface area (Å²) < 4.78 is 32.0. The maximum absolute atomic E-state index is 11.4. The smallest absolute Gasteiger partial charge is 0.294 e. The van der Waals surface area contributed by atoms with Gasteiger partial charge in [-0.3, -0.25) is 4.55 Å². The summed E-state index contributed by atoms with van der Waals surface area (Å²) in [7, 11) is -4.31. The number of aryl methyl sites for hydroxylation is 4. The number of hydrogen-bond donors (Lipinski definition) is 2. The molecule has 122 valence electrons. The van der Waals surface area contributed by atoms with Crippen molar-refractivity contribution >= 4 is 21.5 Å². The van der Waals surface area contributed by atoms with E-state index in [9.17, 15) is 18.1 Å². The van der Waals surface area contributed by atoms with Gasteiger partial charge in [-0.25, -0.2) is 0 Å². The molecule has 2 aromatic carbocycles. The Morgan fingerprint density at radius 1 is 0.826 bits per heavy atom. The van der Waals surface area contributed by atoms with Gasteiger partial charge in [-0.05, 0) is 68.1 Å². The van der Waals surface area contributed by atoms with Crippen LogP contribution in [0.1, 0.15) is 22.3 Å². The zero-order chi connectivity index (χ0) is 17.4. The second-order valence-electron chi connectivity index (χ2n) is 5.51. The number of hydrogen-bond acceptors (Lipinski definition) is 5. The molecule has 0 bridgehead atoms. The van der Waals surface area contributed by atoms with Crippen LogP contribution in [-0.2, 0) is 10.1 Å². The molecule has 0 atom stereocenters. The van der Waals surface area contributed by atoms with Gasteiger partial charge in [0.15, 0.2) is 0 Å². The van der Waals surface area contributed by atoms with Gasteiger partial charge in [0.25, 0.3) is 10.1 Å². The number of phenolic OH excluding ortho intramolecular Hbond substituents is 1. The zero-order valence-corrected chi connectivity index (χ0v) is 14.1. The molecule has 0 saturated carbocycles. The summed E-state index contributed by atoms with van der Waals surface area (Å²) in [6, 6.07) is 6.09. The van der Waals surface area contributed by atoms with Gasteiger partial charge in [0, 0.05) is 0 Å². The first-order valence-corrected chi connectivity index (χ1v) is 8.34. The zero-order valence-electron chi connectivity index (χ0n) is 13.3. The maximum atomic E-state index is 11.4. The van der Waals surface area contributed by atoms with Gasteiger partial charge in [0.2, 0.25) is 0 Å². The van der Waals surface area contributed by atoms with E-state index in [0.29, 0.717) is 16.9 Å². The summed E-state index contributed by atoms with van der Waals surface area (Å²) in [5.41, 5.74) is 3.66. The van der Waals surface area contributed by atoms with Crippen molar-refractivity contribution in [3.63, 3.8) is 0 Å². The molecule has 0 unspecified atom stereocenters. The number of benzene rings is 2. The molecule has 0 heterocycles. The lowest BCUT2D eigenvalue weighted by Crippen LogP contribution is -2.01. The Labute approximate surface area is 135 Å². The SMILES string of the molecule is Cc1cc(C)c(S(=O)(=O)O)cc1/N=N/c1c(C)cc(O)cc1C. The van der Waals surface area contributed by atoms with Crippen LogP contribution in [-0.4, -0.2) is 18.1 Å². The quantitative estimate of drug-likeness (QED) is 0.646. The summed E-state index contributed by atoms with van der Waals surface area (Å²) in [4.78, 5) is -0.184. The van der Waals surface area contributed by atoms with Crippen LogP contribution in [0, 0.1) is 27.7 Å². The lowest BCUT2D eigenvalue weighted by molar-refractivity contribution is 0.474. The topological polar surface area (TPSA) is 99.3 Å². The highest BCUT2D eigenvalue weighted by atomic mass is 32.2. The first-order valence-electron chi connectivity index (χ1n) is 6.90. The molecule has 0 saturated heterocycles. The van der Waals surface area contributed by atoms with E-state index in [0.717, 1.165) is 16.7 Å². The summed E-state index contributed by atoms with van der Waals surface area (Å²) in [6.45, 7) is 6.98. The molecule has 2 rings (SSSR count). The van der Waals surface area contributed by atoms with Crippen molar-refractivity contribution in [1.82, 2.24) is 0 Å². The highest BCUT2D eigenvalue weighted by Crippen LogP contribution is 2.32. The highest BCUT2D eigenvalue weighted by molar-refractivity contribution is 7.85. The van der Waals surface area contributed by atoms with Crippen molar-refractivity contribution < 1.29 is 18.1 Å². The molecule has 0 amide bonds. The van der Waals surface area contributed by atoms with E-state index >= 15 is 0 Å². The Morgan fingerprint density at radius 2 is 1.39 bits per heavy atom. The molecule has 0 aliphatic carbocycles. The predicted octanol–water partition coefficient (Wildman–Crippen LogP) is 4.29. The molecule has 0 fully saturated rings. The average Bonchev–Trinajstić information content (AvgIpc) is 2.38. The van der Waals surface area contributed by atoms with Gasteiger partial charge in [0.1, 0.15) is 5.75 Å². The molecule has 0 aliphatic heterocycles. The van der Waals surface area contributed by atoms with Crippen LogP contribution < -0.4 is 0 Å². The largest absolute Gasteiger partial charge is 0.508 e. The third-order valence-electron chi connectivity index (χ3n) is 3.50. The third-order valence-corrected chi connectivity index (χ3v) is 4.50. The lowest BCUT2D eigenvalue weighted by Gasteiger charge is -2.08. The molecule has 0 aromatic heterocycles. The van der Waals surface area contributed by atoms with Crippen LogP contribution in [0.25, 0.3) is 0 Å². The molecule has 0 spiro atoms. The Kier molecular flexibility index (Phi) is 4.53. The van der Waals surface area contributed by atoms with Crippen molar-refractivity contribution in [2.75, 3.05) is 0 Å². The van der Waals surface area contributed by atoms with E-state index in [-0.39, 0.29) is 10.6 Å². The second kappa shape index (κ2) is 6.10. The standard InChI is InChI=1S/C16H18N2O4S/c1-9-5-10(2)15(23(20,21)22)8-14(9)17-18-16-11(3)6-13(19)7-12(16)4/h5-8,19H,1-4H3,(H,20,21,22)/b18-17+. The van der Waals surface area contributed by atoms with Crippen LogP contribution in [0.15, 0.2) is 39.4 Å². The lowest BCUT2D eigenvalue weighted by atomic mass is 10.1. The van der Waals surface area contributed by atoms with E-state index in [1.807, 2.05) is 0 Å². The minimum atomic E-state index is -4.31. The summed E-state index contributed by atoms with van der Waals surface area (Å²) in [5, 5.41) is 17.8. The monoisotopic (exact) mass is 334 g/mol. The van der Waals surface area contributed by atoms with Crippen molar-refractivity contribution in [3.05, 3.63) is 46.5 Å². The van der Waals surface area contributed by atoms with Gasteiger partial charge < -0.3 is 5.11 Å². The number of aromatic hydroxyl groups is 1. The first kappa shape index (κ1) is 17.1. The van der Waals surface area contributed by atoms with Crippen LogP contribution >= 0.6 is 0 Å². The van der Waals surface area contributed by atoms with Gasteiger partial charge >= 0.3 is 0 Å². The number of nitrogens with zero attached hydrogens (tertiary/aromatic N) is 2. The molecule has 2 aromatic rings. The van der Waals surface area contributed by atoms with E-state index < -0.39 is 10.1 Å². The van der Waals surface area contributed by atoms with Crippen molar-refractivity contribution in [2.24, 2.45) is 10.2 Å². The maximum Gasteiger partial charge on any atom is 0.294 e. The Balaban J connectivity index is 2.53. The van der Waals surface area contributed by atoms with Crippen LogP contribution in [0.2, 0.25) is 0 Å². The summed E-state index contributed by atoms with van der Waals surface area (Å²) in [6.07, 6.45) is 0. The number of azo groups is 1. The summed E-state index contributed by atoms with van der Waals surface area (Å²) >= 11 is 0. The molecule has 2 N–H and O–H groups in total. The predicted molar refractivity (Wildman–Crippen MR) is 87.5 cm³/mol. The van der Waals surface area contributed by atoms with Crippen LogP contribution in [0.5, 0.6) is 5.75 Å². The molecule has 23 heavy (non-hydrogen) atoms. The van der Waals surface area contributed by atoms with Gasteiger partial charge in [-0.2, -0.15) is 13.5 Å². The number of rotatable bonds is 3. The molecule has 0 aliphatic rings. The molecule has 6 nitrogen and oxygen atoms in total. The third kappa shape index (κ3) is 3.75. The average molecular weight is 334 g/mol. The molecule has 7 heteroatoms. The van der Waals surface area contributed by atoms with Gasteiger partial charge in [-0.15, -0.1) is 5.11 Å². The highest BCUT2D eigenvalue weighted by Gasteiger charge is 2.15. The normalized spacial score (nSPS) is 12.0. The van der Waals surface area contributed by atoms with E-state index in [2.05, 4.69) is 10.2 Å². The van der Waals surface area contributed by atoms with E-state index in [1.165, 1.54) is 6.07 Å². The van der Waals surface area contributed by atoms with E-state index in [1.54, 1.807) is 45.9 Å². The molecular formula is C16H18N2O4S. The van der Waals surface area contributed by atoms with Crippen molar-refractivity contribution in [3.8, 4) is 5.75 Å². The fourth-order valence-electron chi connectivity index (χ4n) is 2.40.